The first kappa shape index (κ1) is 24.6. The molecule has 6 rings (SSSR count). The van der Waals surface area contributed by atoms with Gasteiger partial charge in [-0.25, -0.2) is 4.79 Å². The first-order valence-electron chi connectivity index (χ1n) is 14.2. The number of fused-ring (bicyclic) bond motifs is 5. The maximum Gasteiger partial charge on any atom is 0.335 e. The van der Waals surface area contributed by atoms with Crippen LogP contribution in [0, 0.1) is 22.7 Å². The molecule has 9 atom stereocenters. The molecule has 1 aromatic rings. The van der Waals surface area contributed by atoms with E-state index in [-0.39, 0.29) is 52.2 Å². The molecule has 4 N–H and O–H groups in total. The molecule has 5 fully saturated rings. The molecule has 7 nitrogen and oxygen atoms in total. The van der Waals surface area contributed by atoms with Crippen LogP contribution in [0.5, 0.6) is 0 Å². The van der Waals surface area contributed by atoms with Crippen LogP contribution < -0.4 is 16.3 Å². The molecule has 0 spiro atoms. The third kappa shape index (κ3) is 3.41. The third-order valence-corrected chi connectivity index (χ3v) is 11.8. The number of nitrogens with one attached hydrogen (secondary N) is 2. The highest BCUT2D eigenvalue weighted by Crippen LogP contribution is 2.71. The van der Waals surface area contributed by atoms with Gasteiger partial charge < -0.3 is 25.3 Å². The van der Waals surface area contributed by atoms with Crippen molar-refractivity contribution >= 4 is 5.91 Å². The predicted molar refractivity (Wildman–Crippen MR) is 135 cm³/mol. The molecule has 198 valence electrons. The molecule has 0 radical (unpaired) electrons. The lowest BCUT2D eigenvalue weighted by Gasteiger charge is -2.66. The summed E-state index contributed by atoms with van der Waals surface area (Å²) in [6.45, 7) is 5.39. The van der Waals surface area contributed by atoms with Crippen molar-refractivity contribution in [3.8, 4) is 0 Å². The molecule has 2 heterocycles. The van der Waals surface area contributed by atoms with E-state index in [1.807, 2.05) is 6.07 Å². The molecule has 0 aromatic carbocycles. The molecular weight excluding hydrogens is 456 g/mol. The molecule has 1 saturated heterocycles. The van der Waals surface area contributed by atoms with Gasteiger partial charge in [-0.05, 0) is 112 Å². The quantitative estimate of drug-likeness (QED) is 0.509. The molecule has 36 heavy (non-hydrogen) atoms. The van der Waals surface area contributed by atoms with Gasteiger partial charge in [0.25, 0.3) is 0 Å². The van der Waals surface area contributed by atoms with Gasteiger partial charge >= 0.3 is 5.63 Å². The van der Waals surface area contributed by atoms with Gasteiger partial charge in [0.15, 0.2) is 0 Å². The Hall–Kier alpha value is -1.70. The van der Waals surface area contributed by atoms with Crippen LogP contribution in [-0.4, -0.2) is 46.0 Å². The van der Waals surface area contributed by atoms with E-state index in [1.54, 1.807) is 6.26 Å². The summed E-state index contributed by atoms with van der Waals surface area (Å²) in [7, 11) is 0. The van der Waals surface area contributed by atoms with Gasteiger partial charge in [0.2, 0.25) is 5.91 Å². The number of hydrogen-bond donors (Lipinski definition) is 4. The molecule has 4 aliphatic carbocycles. The minimum Gasteiger partial charge on any atom is -0.431 e. The van der Waals surface area contributed by atoms with Crippen LogP contribution in [0.4, 0.5) is 0 Å². The zero-order valence-electron chi connectivity index (χ0n) is 21.7. The summed E-state index contributed by atoms with van der Waals surface area (Å²) in [4.78, 5) is 24.3. The van der Waals surface area contributed by atoms with Crippen molar-refractivity contribution in [1.82, 2.24) is 10.6 Å². The van der Waals surface area contributed by atoms with Crippen LogP contribution >= 0.6 is 0 Å². The summed E-state index contributed by atoms with van der Waals surface area (Å²) in [5.74, 6) is 0.650. The fourth-order valence-electron chi connectivity index (χ4n) is 9.66. The average Bonchev–Trinajstić information content (AvgIpc) is 3.47. The number of hydrogen-bond acceptors (Lipinski definition) is 6. The van der Waals surface area contributed by atoms with Crippen molar-refractivity contribution < 1.29 is 19.4 Å². The summed E-state index contributed by atoms with van der Waals surface area (Å²) < 4.78 is 5.20. The summed E-state index contributed by atoms with van der Waals surface area (Å²) >= 11 is 0. The van der Waals surface area contributed by atoms with Crippen molar-refractivity contribution in [2.24, 2.45) is 22.7 Å². The van der Waals surface area contributed by atoms with Crippen LogP contribution in [0.3, 0.4) is 0 Å². The van der Waals surface area contributed by atoms with E-state index in [4.69, 9.17) is 4.42 Å². The molecule has 0 bridgehead atoms. The van der Waals surface area contributed by atoms with Gasteiger partial charge in [-0.1, -0.05) is 13.8 Å². The third-order valence-electron chi connectivity index (χ3n) is 11.8. The Bertz CT molecular complexity index is 1060. The maximum atomic E-state index is 12.7. The number of carbonyl (C=O) groups excluding carboxylic acids is 1. The summed E-state index contributed by atoms with van der Waals surface area (Å²) in [6.07, 6.45) is 10.9. The molecule has 1 aromatic heterocycles. The second-order valence-electron chi connectivity index (χ2n) is 13.2. The van der Waals surface area contributed by atoms with Crippen molar-refractivity contribution in [3.63, 3.8) is 0 Å². The van der Waals surface area contributed by atoms with Crippen LogP contribution in [0.25, 0.3) is 0 Å². The molecule has 1 amide bonds. The van der Waals surface area contributed by atoms with Crippen molar-refractivity contribution in [3.05, 3.63) is 34.4 Å². The summed E-state index contributed by atoms with van der Waals surface area (Å²) in [6, 6.07) is 3.28. The van der Waals surface area contributed by atoms with E-state index in [1.165, 1.54) is 6.07 Å². The highest BCUT2D eigenvalue weighted by Gasteiger charge is 2.70. The van der Waals surface area contributed by atoms with Gasteiger partial charge in [0.1, 0.15) is 0 Å². The lowest BCUT2D eigenvalue weighted by atomic mass is 9.42. The highest BCUT2D eigenvalue weighted by atomic mass is 16.4. The van der Waals surface area contributed by atoms with Gasteiger partial charge in [-0.15, -0.1) is 0 Å². The highest BCUT2D eigenvalue weighted by molar-refractivity contribution is 5.82. The Morgan fingerprint density at radius 2 is 1.78 bits per heavy atom. The largest absolute Gasteiger partial charge is 0.431 e. The second-order valence-corrected chi connectivity index (χ2v) is 13.2. The Morgan fingerprint density at radius 3 is 2.50 bits per heavy atom. The van der Waals surface area contributed by atoms with Gasteiger partial charge in [-0.3, -0.25) is 4.79 Å². The van der Waals surface area contributed by atoms with E-state index in [2.05, 4.69) is 24.5 Å². The fraction of sp³-hybridized carbons (Fsp3) is 0.793. The summed E-state index contributed by atoms with van der Waals surface area (Å²) in [5, 5.41) is 31.0. The first-order valence-corrected chi connectivity index (χ1v) is 14.2. The van der Waals surface area contributed by atoms with Crippen molar-refractivity contribution in [1.29, 1.82) is 0 Å². The first-order chi connectivity index (χ1) is 17.1. The van der Waals surface area contributed by atoms with Crippen LogP contribution in [0.1, 0.15) is 96.0 Å². The lowest BCUT2D eigenvalue weighted by Crippen LogP contribution is -2.68. The molecule has 5 aliphatic rings. The minimum atomic E-state index is -0.821. The lowest BCUT2D eigenvalue weighted by molar-refractivity contribution is -0.247. The van der Waals surface area contributed by atoms with Crippen molar-refractivity contribution in [2.45, 2.75) is 114 Å². The average molecular weight is 499 g/mol. The Kier molecular flexibility index (Phi) is 5.75. The Labute approximate surface area is 213 Å². The van der Waals surface area contributed by atoms with E-state index < -0.39 is 11.2 Å². The van der Waals surface area contributed by atoms with E-state index in [0.717, 1.165) is 69.9 Å². The van der Waals surface area contributed by atoms with Gasteiger partial charge in [0.05, 0.1) is 23.5 Å². The number of carbonyl (C=O) groups is 1. The smallest absolute Gasteiger partial charge is 0.335 e. The van der Waals surface area contributed by atoms with E-state index in [0.29, 0.717) is 12.8 Å². The van der Waals surface area contributed by atoms with Crippen molar-refractivity contribution in [2.75, 3.05) is 6.54 Å². The van der Waals surface area contributed by atoms with Crippen LogP contribution in [0.2, 0.25) is 0 Å². The normalized spacial score (nSPS) is 48.1. The molecule has 1 aliphatic heterocycles. The molecule has 4 saturated carbocycles. The summed E-state index contributed by atoms with van der Waals surface area (Å²) in [5.41, 5.74) is -1.49. The standard InChI is InChI=1S/C29H42N2O5/c1-26-11-7-19(31-25(33)23-4-3-15-30-23)16-28(26,34)13-9-22-21(26)8-12-27(2)20(10-14-29(22,27)35)18-5-6-24(32)36-17-18/h5-6,17,19-23,30,34-35H,3-4,7-16H2,1-2H3,(H,31,33)/t19?,20-,21+,22-,23-,26-,27-,28+,29+/m1/s1. The monoisotopic (exact) mass is 498 g/mol. The molecule has 1 unspecified atom stereocenters. The van der Waals surface area contributed by atoms with Crippen LogP contribution in [0.15, 0.2) is 27.6 Å². The fourth-order valence-corrected chi connectivity index (χ4v) is 9.66. The Morgan fingerprint density at radius 1 is 1.00 bits per heavy atom. The zero-order valence-corrected chi connectivity index (χ0v) is 21.7. The second kappa shape index (κ2) is 8.40. The number of aliphatic hydroxyl groups is 2. The van der Waals surface area contributed by atoms with Crippen LogP contribution in [-0.2, 0) is 4.79 Å². The number of rotatable bonds is 3. The molecular formula is C29H42N2O5. The topological polar surface area (TPSA) is 112 Å². The van der Waals surface area contributed by atoms with Gasteiger partial charge in [0, 0.05) is 17.5 Å². The zero-order chi connectivity index (χ0) is 25.3. The SMILES string of the molecule is C[C@]12CCC(NC(=O)[C@H]3CCCN3)C[C@@]1(O)CC[C@@H]1[C@@H]2CC[C@]2(C)[C@@H](c3ccc(=O)oc3)CC[C@]12O. The van der Waals surface area contributed by atoms with E-state index >= 15 is 0 Å². The maximum absolute atomic E-state index is 12.7. The predicted octanol–water partition coefficient (Wildman–Crippen LogP) is 3.23. The van der Waals surface area contributed by atoms with Gasteiger partial charge in [-0.2, -0.15) is 0 Å². The Balaban J connectivity index is 1.22. The van der Waals surface area contributed by atoms with E-state index in [9.17, 15) is 19.8 Å². The molecule has 7 heteroatoms. The number of amides is 1. The minimum absolute atomic E-state index is 0.00932.